The van der Waals surface area contributed by atoms with Crippen molar-refractivity contribution in [2.45, 2.75) is 45.1 Å². The number of likely N-dealkylation sites (tertiary alicyclic amines) is 1. The highest BCUT2D eigenvalue weighted by Crippen LogP contribution is 2.34. The first-order valence-electron chi connectivity index (χ1n) is 8.83. The molecule has 0 saturated carbocycles. The van der Waals surface area contributed by atoms with Gasteiger partial charge in [-0.25, -0.2) is 4.79 Å². The molecule has 6 heteroatoms. The molecule has 3 fully saturated rings. The number of rotatable bonds is 4. The zero-order valence-corrected chi connectivity index (χ0v) is 14.3. The fourth-order valence-corrected chi connectivity index (χ4v) is 3.66. The van der Waals surface area contributed by atoms with Crippen molar-refractivity contribution in [3.05, 3.63) is 0 Å². The molecule has 3 aliphatic heterocycles. The van der Waals surface area contributed by atoms with Gasteiger partial charge >= 0.3 is 6.09 Å². The molecule has 130 valence electrons. The van der Waals surface area contributed by atoms with Crippen molar-refractivity contribution in [3.8, 4) is 0 Å². The summed E-state index contributed by atoms with van der Waals surface area (Å²) in [6, 6.07) is 0. The summed E-state index contributed by atoms with van der Waals surface area (Å²) in [6.07, 6.45) is 3.14. The van der Waals surface area contributed by atoms with Crippen molar-refractivity contribution in [1.29, 1.82) is 0 Å². The van der Waals surface area contributed by atoms with E-state index in [0.29, 0.717) is 38.8 Å². The average molecular weight is 324 g/mol. The van der Waals surface area contributed by atoms with Gasteiger partial charge in [0.1, 0.15) is 5.60 Å². The van der Waals surface area contributed by atoms with Crippen molar-refractivity contribution in [1.82, 2.24) is 9.80 Å². The van der Waals surface area contributed by atoms with Gasteiger partial charge in [0, 0.05) is 39.1 Å². The van der Waals surface area contributed by atoms with Crippen LogP contribution in [0.2, 0.25) is 0 Å². The minimum absolute atomic E-state index is 0.0257. The van der Waals surface area contributed by atoms with Crippen LogP contribution in [-0.2, 0) is 14.3 Å². The standard InChI is InChI=1S/C17H28N2O4/c1-13(2)3-7-19-12-17(23-16(19)21)5-8-18(9-6-17)15(20)14-4-10-22-11-14/h13-14H,3-12H2,1-2H3/t14-/m0/s1. The van der Waals surface area contributed by atoms with Crippen LogP contribution >= 0.6 is 0 Å². The van der Waals surface area contributed by atoms with Gasteiger partial charge in [0.05, 0.1) is 19.1 Å². The molecule has 0 bridgehead atoms. The second-order valence-corrected chi connectivity index (χ2v) is 7.54. The molecule has 0 aromatic carbocycles. The lowest BCUT2D eigenvalue weighted by Gasteiger charge is -2.38. The molecule has 0 aliphatic carbocycles. The Morgan fingerprint density at radius 1 is 1.35 bits per heavy atom. The fourth-order valence-electron chi connectivity index (χ4n) is 3.66. The van der Waals surface area contributed by atoms with Gasteiger partial charge in [-0.1, -0.05) is 13.8 Å². The molecule has 0 N–H and O–H groups in total. The number of carbonyl (C=O) groups is 2. The maximum Gasteiger partial charge on any atom is 0.410 e. The van der Waals surface area contributed by atoms with Crippen LogP contribution in [0.25, 0.3) is 0 Å². The van der Waals surface area contributed by atoms with Crippen LogP contribution in [0.3, 0.4) is 0 Å². The summed E-state index contributed by atoms with van der Waals surface area (Å²) in [5, 5.41) is 0. The molecule has 3 saturated heterocycles. The third kappa shape index (κ3) is 3.62. The van der Waals surface area contributed by atoms with E-state index in [2.05, 4.69) is 13.8 Å². The molecule has 3 heterocycles. The predicted molar refractivity (Wildman–Crippen MR) is 85.0 cm³/mol. The monoisotopic (exact) mass is 324 g/mol. The number of hydrogen-bond donors (Lipinski definition) is 0. The van der Waals surface area contributed by atoms with E-state index in [1.807, 2.05) is 9.80 Å². The van der Waals surface area contributed by atoms with Gasteiger partial charge in [-0.3, -0.25) is 4.79 Å². The lowest BCUT2D eigenvalue weighted by molar-refractivity contribution is -0.138. The van der Waals surface area contributed by atoms with Crippen LogP contribution in [0, 0.1) is 11.8 Å². The minimum atomic E-state index is -0.378. The second-order valence-electron chi connectivity index (χ2n) is 7.54. The van der Waals surface area contributed by atoms with Crippen molar-refractivity contribution >= 4 is 12.0 Å². The van der Waals surface area contributed by atoms with Crippen molar-refractivity contribution in [2.75, 3.05) is 39.4 Å². The number of nitrogens with zero attached hydrogens (tertiary/aromatic N) is 2. The van der Waals surface area contributed by atoms with Gasteiger partial charge in [0.15, 0.2) is 0 Å². The largest absolute Gasteiger partial charge is 0.441 e. The van der Waals surface area contributed by atoms with Gasteiger partial charge < -0.3 is 19.3 Å². The van der Waals surface area contributed by atoms with Gasteiger partial charge in [-0.2, -0.15) is 0 Å². The molecule has 0 aromatic heterocycles. The first kappa shape index (κ1) is 16.6. The van der Waals surface area contributed by atoms with Crippen LogP contribution in [0.5, 0.6) is 0 Å². The summed E-state index contributed by atoms with van der Waals surface area (Å²) < 4.78 is 11.0. The van der Waals surface area contributed by atoms with Crippen molar-refractivity contribution in [2.24, 2.45) is 11.8 Å². The SMILES string of the molecule is CC(C)CCN1CC2(CCN(C(=O)[C@H]3CCOC3)CC2)OC1=O. The third-order valence-electron chi connectivity index (χ3n) is 5.28. The third-order valence-corrected chi connectivity index (χ3v) is 5.28. The Labute approximate surface area is 138 Å². The Balaban J connectivity index is 1.52. The number of amides is 2. The maximum atomic E-state index is 12.4. The van der Waals surface area contributed by atoms with Crippen molar-refractivity contribution in [3.63, 3.8) is 0 Å². The Bertz CT molecular complexity index is 452. The van der Waals surface area contributed by atoms with Crippen LogP contribution in [-0.4, -0.2) is 66.8 Å². The average Bonchev–Trinajstić information content (AvgIpc) is 3.14. The molecule has 6 nitrogen and oxygen atoms in total. The van der Waals surface area contributed by atoms with E-state index in [4.69, 9.17) is 9.47 Å². The molecule has 2 amide bonds. The Morgan fingerprint density at radius 2 is 2.09 bits per heavy atom. The molecule has 23 heavy (non-hydrogen) atoms. The zero-order valence-electron chi connectivity index (χ0n) is 14.3. The van der Waals surface area contributed by atoms with E-state index >= 15 is 0 Å². The van der Waals surface area contributed by atoms with Gasteiger partial charge in [0.25, 0.3) is 0 Å². The number of ether oxygens (including phenoxy) is 2. The summed E-state index contributed by atoms with van der Waals surface area (Å²) in [4.78, 5) is 28.3. The number of carbonyl (C=O) groups excluding carboxylic acids is 2. The summed E-state index contributed by atoms with van der Waals surface area (Å²) >= 11 is 0. The Kier molecular flexibility index (Phi) is 4.80. The molecule has 3 rings (SSSR count). The molecular weight excluding hydrogens is 296 g/mol. The van der Waals surface area contributed by atoms with E-state index < -0.39 is 0 Å². The smallest absolute Gasteiger partial charge is 0.410 e. The highest BCUT2D eigenvalue weighted by molar-refractivity contribution is 5.79. The first-order chi connectivity index (χ1) is 11.0. The molecule has 1 spiro atoms. The quantitative estimate of drug-likeness (QED) is 0.792. The van der Waals surface area contributed by atoms with Crippen molar-refractivity contribution < 1.29 is 19.1 Å². The molecule has 0 aromatic rings. The molecule has 0 unspecified atom stereocenters. The lowest BCUT2D eigenvalue weighted by Crippen LogP contribution is -2.50. The van der Waals surface area contributed by atoms with E-state index in [-0.39, 0.29) is 23.5 Å². The Hall–Kier alpha value is -1.30. The Morgan fingerprint density at radius 3 is 2.70 bits per heavy atom. The normalized spacial score (nSPS) is 27.1. The van der Waals surface area contributed by atoms with Crippen LogP contribution in [0.15, 0.2) is 0 Å². The fraction of sp³-hybridized carbons (Fsp3) is 0.882. The van der Waals surface area contributed by atoms with E-state index in [1.54, 1.807) is 0 Å². The number of piperidine rings is 1. The molecular formula is C17H28N2O4. The van der Waals surface area contributed by atoms with Gasteiger partial charge in [0.2, 0.25) is 5.91 Å². The summed E-state index contributed by atoms with van der Waals surface area (Å²) in [7, 11) is 0. The van der Waals surface area contributed by atoms with E-state index in [0.717, 1.165) is 32.2 Å². The van der Waals surface area contributed by atoms with Crippen LogP contribution < -0.4 is 0 Å². The lowest BCUT2D eigenvalue weighted by atomic mass is 9.90. The predicted octanol–water partition coefficient (Wildman–Crippen LogP) is 1.88. The van der Waals surface area contributed by atoms with Crippen LogP contribution in [0.4, 0.5) is 4.79 Å². The topological polar surface area (TPSA) is 59.1 Å². The number of hydrogen-bond acceptors (Lipinski definition) is 4. The maximum absolute atomic E-state index is 12.4. The highest BCUT2D eigenvalue weighted by Gasteiger charge is 2.47. The summed E-state index contributed by atoms with van der Waals surface area (Å²) in [6.45, 7) is 8.37. The van der Waals surface area contributed by atoms with E-state index in [9.17, 15) is 9.59 Å². The minimum Gasteiger partial charge on any atom is -0.441 e. The summed E-state index contributed by atoms with van der Waals surface area (Å²) in [5.74, 6) is 0.809. The molecule has 1 atom stereocenters. The van der Waals surface area contributed by atoms with Gasteiger partial charge in [-0.15, -0.1) is 0 Å². The first-order valence-corrected chi connectivity index (χ1v) is 8.83. The summed E-state index contributed by atoms with van der Waals surface area (Å²) in [5.41, 5.74) is -0.378. The van der Waals surface area contributed by atoms with Gasteiger partial charge in [-0.05, 0) is 18.8 Å². The molecule has 3 aliphatic rings. The van der Waals surface area contributed by atoms with E-state index in [1.165, 1.54) is 0 Å². The van der Waals surface area contributed by atoms with Crippen LogP contribution in [0.1, 0.15) is 39.5 Å². The highest BCUT2D eigenvalue weighted by atomic mass is 16.6. The second kappa shape index (κ2) is 6.67. The zero-order chi connectivity index (χ0) is 16.4. The molecule has 0 radical (unpaired) electrons.